The highest BCUT2D eigenvalue weighted by atomic mass is 16.6. The molecule has 0 bridgehead atoms. The number of carbonyl (C=O) groups is 3. The summed E-state index contributed by atoms with van der Waals surface area (Å²) in [5.74, 6) is -0.842. The molecule has 198 valence electrons. The lowest BCUT2D eigenvalue weighted by Gasteiger charge is -2.39. The van der Waals surface area contributed by atoms with E-state index in [2.05, 4.69) is 10.6 Å². The number of hydrogen-bond acceptors (Lipinski definition) is 5. The fourth-order valence-corrected chi connectivity index (χ4v) is 3.83. The third kappa shape index (κ3) is 9.42. The van der Waals surface area contributed by atoms with Crippen LogP contribution in [0.25, 0.3) is 0 Å². The summed E-state index contributed by atoms with van der Waals surface area (Å²) in [5.41, 5.74) is -0.132. The molecular formula is C27H45N3O5. The number of phenolic OH excluding ortho intramolecular Hbond substituents is 1. The summed E-state index contributed by atoms with van der Waals surface area (Å²) in [6.07, 6.45) is 1.64. The van der Waals surface area contributed by atoms with Crippen LogP contribution in [0.4, 0.5) is 4.79 Å². The number of phenols is 1. The van der Waals surface area contributed by atoms with Crippen LogP contribution in [0.3, 0.4) is 0 Å². The monoisotopic (exact) mass is 491 g/mol. The second kappa shape index (κ2) is 13.4. The van der Waals surface area contributed by atoms with Crippen LogP contribution in [-0.4, -0.2) is 51.6 Å². The number of benzene rings is 1. The smallest absolute Gasteiger partial charge is 0.408 e. The van der Waals surface area contributed by atoms with Crippen LogP contribution in [0.5, 0.6) is 5.75 Å². The molecule has 0 spiro atoms. The molecule has 0 saturated carbocycles. The normalized spacial score (nSPS) is 15.0. The molecule has 0 radical (unpaired) electrons. The largest absolute Gasteiger partial charge is 0.508 e. The van der Waals surface area contributed by atoms with E-state index in [1.807, 2.05) is 41.5 Å². The highest BCUT2D eigenvalue weighted by Crippen LogP contribution is 2.28. The van der Waals surface area contributed by atoms with Crippen LogP contribution in [0, 0.1) is 5.92 Å². The van der Waals surface area contributed by atoms with Crippen LogP contribution in [-0.2, 0) is 14.3 Å². The number of carbonyl (C=O) groups excluding carboxylic acids is 3. The zero-order chi connectivity index (χ0) is 26.9. The number of alkyl carbamates (subject to hydrolysis) is 1. The molecule has 0 fully saturated rings. The number of ether oxygens (including phenoxy) is 1. The van der Waals surface area contributed by atoms with E-state index >= 15 is 0 Å². The Morgan fingerprint density at radius 1 is 1.00 bits per heavy atom. The number of nitrogens with one attached hydrogen (secondary N) is 2. The van der Waals surface area contributed by atoms with Gasteiger partial charge in [0.2, 0.25) is 11.8 Å². The van der Waals surface area contributed by atoms with Crippen LogP contribution in [0.1, 0.15) is 93.2 Å². The summed E-state index contributed by atoms with van der Waals surface area (Å²) in [4.78, 5) is 41.7. The van der Waals surface area contributed by atoms with Gasteiger partial charge in [-0.2, -0.15) is 0 Å². The number of nitrogens with zero attached hydrogens (tertiary/aromatic N) is 1. The minimum absolute atomic E-state index is 0.0678. The van der Waals surface area contributed by atoms with Gasteiger partial charge in [0.1, 0.15) is 23.4 Å². The summed E-state index contributed by atoms with van der Waals surface area (Å²) in [7, 11) is 0. The highest BCUT2D eigenvalue weighted by molar-refractivity contribution is 5.92. The van der Waals surface area contributed by atoms with Crippen molar-refractivity contribution in [3.63, 3.8) is 0 Å². The van der Waals surface area contributed by atoms with Gasteiger partial charge in [0.05, 0.1) is 0 Å². The summed E-state index contributed by atoms with van der Waals surface area (Å²) in [6.45, 7) is 16.8. The summed E-state index contributed by atoms with van der Waals surface area (Å²) < 4.78 is 5.39. The fraction of sp³-hybridized carbons (Fsp3) is 0.667. The molecule has 8 heteroatoms. The minimum atomic E-state index is -0.931. The second-order valence-electron chi connectivity index (χ2n) is 10.6. The molecule has 0 aliphatic rings. The Labute approximate surface area is 210 Å². The van der Waals surface area contributed by atoms with Gasteiger partial charge in [-0.15, -0.1) is 0 Å². The maximum absolute atomic E-state index is 14.0. The van der Waals surface area contributed by atoms with Crippen molar-refractivity contribution in [2.45, 2.75) is 111 Å². The number of hydrogen-bond donors (Lipinski definition) is 3. The number of aromatic hydroxyl groups is 1. The predicted octanol–water partition coefficient (Wildman–Crippen LogP) is 4.91. The van der Waals surface area contributed by atoms with Gasteiger partial charge in [-0.25, -0.2) is 4.79 Å². The standard InChI is InChI=1S/C27H45N3O5/c1-10-12-18(5)28-24(32)23(20-13-15-21(31)16-14-20)30(19(6)11-2)25(33)22(17(3)4)29-26(34)35-27(7,8)9/h13-19,22-23,31H,10-12H2,1-9H3,(H,28,32)(H,29,34). The maximum atomic E-state index is 14.0. The van der Waals surface area contributed by atoms with Crippen LogP contribution >= 0.6 is 0 Å². The Balaban J connectivity index is 3.49. The van der Waals surface area contributed by atoms with Gasteiger partial charge in [0.15, 0.2) is 0 Å². The average molecular weight is 492 g/mol. The Morgan fingerprint density at radius 3 is 2.03 bits per heavy atom. The van der Waals surface area contributed by atoms with Gasteiger partial charge >= 0.3 is 6.09 Å². The average Bonchev–Trinajstić information content (AvgIpc) is 2.74. The molecule has 0 aromatic heterocycles. The van der Waals surface area contributed by atoms with Crippen molar-refractivity contribution in [1.29, 1.82) is 0 Å². The van der Waals surface area contributed by atoms with E-state index in [0.717, 1.165) is 12.8 Å². The van der Waals surface area contributed by atoms with Crippen LogP contribution in [0.15, 0.2) is 24.3 Å². The molecule has 1 aromatic carbocycles. The van der Waals surface area contributed by atoms with Gasteiger partial charge in [0.25, 0.3) is 0 Å². The zero-order valence-electron chi connectivity index (χ0n) is 22.8. The molecule has 3 N–H and O–H groups in total. The molecule has 4 unspecified atom stereocenters. The summed E-state index contributed by atoms with van der Waals surface area (Å²) in [6, 6.07) is 4.12. The molecular weight excluding hydrogens is 446 g/mol. The molecule has 0 aliphatic carbocycles. The highest BCUT2D eigenvalue weighted by Gasteiger charge is 2.39. The first-order chi connectivity index (χ1) is 16.2. The summed E-state index contributed by atoms with van der Waals surface area (Å²) >= 11 is 0. The third-order valence-corrected chi connectivity index (χ3v) is 5.77. The Kier molecular flexibility index (Phi) is 11.5. The number of rotatable bonds is 11. The van der Waals surface area contributed by atoms with E-state index in [-0.39, 0.29) is 35.6 Å². The van der Waals surface area contributed by atoms with Crippen LogP contribution in [0.2, 0.25) is 0 Å². The second-order valence-corrected chi connectivity index (χ2v) is 10.6. The molecule has 0 aliphatic heterocycles. The quantitative estimate of drug-likeness (QED) is 0.407. The molecule has 4 atom stereocenters. The molecule has 0 heterocycles. The van der Waals surface area contributed by atoms with Crippen molar-refractivity contribution >= 4 is 17.9 Å². The summed E-state index contributed by atoms with van der Waals surface area (Å²) in [5, 5.41) is 15.6. The Hall–Kier alpha value is -2.77. The molecule has 1 rings (SSSR count). The lowest BCUT2D eigenvalue weighted by atomic mass is 9.96. The predicted molar refractivity (Wildman–Crippen MR) is 138 cm³/mol. The SMILES string of the molecule is CCCC(C)NC(=O)C(c1ccc(O)cc1)N(C(=O)C(NC(=O)OC(C)(C)C)C(C)C)C(C)CC. The van der Waals surface area contributed by atoms with E-state index in [0.29, 0.717) is 12.0 Å². The number of amides is 3. The molecule has 35 heavy (non-hydrogen) atoms. The first kappa shape index (κ1) is 30.3. The van der Waals surface area contributed by atoms with Crippen molar-refractivity contribution in [1.82, 2.24) is 15.5 Å². The van der Waals surface area contributed by atoms with Crippen molar-refractivity contribution in [3.8, 4) is 5.75 Å². The van der Waals surface area contributed by atoms with Gasteiger partial charge in [0, 0.05) is 12.1 Å². The van der Waals surface area contributed by atoms with E-state index in [1.54, 1.807) is 37.8 Å². The molecule has 0 saturated heterocycles. The van der Waals surface area contributed by atoms with Gasteiger partial charge in [-0.1, -0.05) is 46.2 Å². The Morgan fingerprint density at radius 2 is 1.57 bits per heavy atom. The topological polar surface area (TPSA) is 108 Å². The fourth-order valence-electron chi connectivity index (χ4n) is 3.83. The van der Waals surface area contributed by atoms with E-state index in [4.69, 9.17) is 4.74 Å². The zero-order valence-corrected chi connectivity index (χ0v) is 22.8. The molecule has 8 nitrogen and oxygen atoms in total. The maximum Gasteiger partial charge on any atom is 0.408 e. The van der Waals surface area contributed by atoms with Crippen molar-refractivity contribution in [2.24, 2.45) is 5.92 Å². The van der Waals surface area contributed by atoms with E-state index < -0.39 is 23.8 Å². The first-order valence-electron chi connectivity index (χ1n) is 12.6. The lowest BCUT2D eigenvalue weighted by molar-refractivity contribution is -0.146. The Bertz CT molecular complexity index is 832. The van der Waals surface area contributed by atoms with Crippen molar-refractivity contribution in [3.05, 3.63) is 29.8 Å². The molecule has 1 aromatic rings. The van der Waals surface area contributed by atoms with Gasteiger partial charge in [-0.3, -0.25) is 9.59 Å². The minimum Gasteiger partial charge on any atom is -0.508 e. The lowest BCUT2D eigenvalue weighted by Crippen LogP contribution is -2.57. The van der Waals surface area contributed by atoms with Gasteiger partial charge < -0.3 is 25.4 Å². The third-order valence-electron chi connectivity index (χ3n) is 5.77. The van der Waals surface area contributed by atoms with Gasteiger partial charge in [-0.05, 0) is 71.1 Å². The first-order valence-corrected chi connectivity index (χ1v) is 12.6. The van der Waals surface area contributed by atoms with Crippen molar-refractivity contribution in [2.75, 3.05) is 0 Å². The van der Waals surface area contributed by atoms with Crippen LogP contribution < -0.4 is 10.6 Å². The van der Waals surface area contributed by atoms with E-state index in [1.165, 1.54) is 12.1 Å². The van der Waals surface area contributed by atoms with Crippen molar-refractivity contribution < 1.29 is 24.2 Å². The molecule has 3 amide bonds. The van der Waals surface area contributed by atoms with E-state index in [9.17, 15) is 19.5 Å².